The zero-order chi connectivity index (χ0) is 15.2. The molecule has 4 nitrogen and oxygen atoms in total. The molecule has 0 unspecified atom stereocenters. The number of anilines is 1. The molecule has 116 valence electrons. The lowest BCUT2D eigenvalue weighted by atomic mass is 10.0. The van der Waals surface area contributed by atoms with E-state index < -0.39 is 0 Å². The molecule has 2 N–H and O–H groups in total. The summed E-state index contributed by atoms with van der Waals surface area (Å²) < 4.78 is 0.899. The van der Waals surface area contributed by atoms with E-state index in [1.165, 1.54) is 0 Å². The molecule has 0 aromatic heterocycles. The molecule has 1 fully saturated rings. The number of nitrogens with one attached hydrogen (secondary N) is 2. The van der Waals surface area contributed by atoms with Gasteiger partial charge in [0.05, 0.1) is 17.3 Å². The van der Waals surface area contributed by atoms with Gasteiger partial charge in [0.1, 0.15) is 0 Å². The summed E-state index contributed by atoms with van der Waals surface area (Å²) in [5, 5.41) is 6.79. The Labute approximate surface area is 139 Å². The first-order valence-corrected chi connectivity index (χ1v) is 8.47. The van der Waals surface area contributed by atoms with E-state index >= 15 is 0 Å². The highest BCUT2D eigenvalue weighted by Gasteiger charge is 2.21. The highest BCUT2D eigenvalue weighted by atomic mass is 79.9. The molecule has 1 aliphatic heterocycles. The second-order valence-electron chi connectivity index (χ2n) is 5.22. The molecule has 0 aliphatic carbocycles. The van der Waals surface area contributed by atoms with Gasteiger partial charge in [-0.3, -0.25) is 9.69 Å². The van der Waals surface area contributed by atoms with Crippen LogP contribution in [0, 0.1) is 0 Å². The van der Waals surface area contributed by atoms with E-state index in [0.29, 0.717) is 23.3 Å². The monoisotopic (exact) mass is 373 g/mol. The Bertz CT molecular complexity index is 492. The van der Waals surface area contributed by atoms with Crippen LogP contribution in [-0.2, 0) is 4.79 Å². The first kappa shape index (κ1) is 16.7. The third kappa shape index (κ3) is 4.95. The molecule has 0 bridgehead atoms. The first-order chi connectivity index (χ1) is 10.1. The Morgan fingerprint density at radius 1 is 1.48 bits per heavy atom. The molecule has 1 aromatic carbocycles. The van der Waals surface area contributed by atoms with Crippen LogP contribution in [0.2, 0.25) is 5.02 Å². The number of piperidine rings is 1. The van der Waals surface area contributed by atoms with Crippen LogP contribution >= 0.6 is 27.5 Å². The van der Waals surface area contributed by atoms with Crippen molar-refractivity contribution in [2.75, 3.05) is 31.5 Å². The van der Waals surface area contributed by atoms with E-state index in [4.69, 9.17) is 11.6 Å². The second kappa shape index (κ2) is 8.13. The number of nitrogens with zero attached hydrogens (tertiary/aromatic N) is 1. The van der Waals surface area contributed by atoms with Crippen LogP contribution < -0.4 is 10.6 Å². The predicted molar refractivity (Wildman–Crippen MR) is 90.9 cm³/mol. The number of carbonyl (C=O) groups excluding carboxylic acids is 1. The van der Waals surface area contributed by atoms with E-state index in [1.807, 2.05) is 12.1 Å². The van der Waals surface area contributed by atoms with E-state index in [0.717, 1.165) is 36.9 Å². The smallest absolute Gasteiger partial charge is 0.238 e. The Kier molecular flexibility index (Phi) is 6.48. The van der Waals surface area contributed by atoms with E-state index in [1.54, 1.807) is 6.07 Å². The van der Waals surface area contributed by atoms with Crippen LogP contribution in [0.5, 0.6) is 0 Å². The minimum absolute atomic E-state index is 0.0143. The van der Waals surface area contributed by atoms with Crippen molar-refractivity contribution in [2.24, 2.45) is 0 Å². The topological polar surface area (TPSA) is 44.4 Å². The summed E-state index contributed by atoms with van der Waals surface area (Å²) in [6.07, 6.45) is 2.19. The normalized spacial score (nSPS) is 16.2. The SMILES string of the molecule is CCN(CC(=O)Nc1ccc(Br)cc1Cl)C1CCNCC1. The van der Waals surface area contributed by atoms with Crippen molar-refractivity contribution in [1.82, 2.24) is 10.2 Å². The number of hydrogen-bond donors (Lipinski definition) is 2. The molecular formula is C15H21BrClN3O. The van der Waals surface area contributed by atoms with E-state index in [2.05, 4.69) is 38.4 Å². The molecule has 21 heavy (non-hydrogen) atoms. The number of carbonyl (C=O) groups is 1. The minimum Gasteiger partial charge on any atom is -0.324 e. The molecule has 0 atom stereocenters. The average Bonchev–Trinajstić information content (AvgIpc) is 2.48. The van der Waals surface area contributed by atoms with Gasteiger partial charge in [0.2, 0.25) is 5.91 Å². The van der Waals surface area contributed by atoms with Crippen molar-refractivity contribution in [2.45, 2.75) is 25.8 Å². The largest absolute Gasteiger partial charge is 0.324 e. The van der Waals surface area contributed by atoms with Crippen LogP contribution in [0.25, 0.3) is 0 Å². The van der Waals surface area contributed by atoms with Gasteiger partial charge in [0.15, 0.2) is 0 Å². The maximum absolute atomic E-state index is 12.2. The molecular weight excluding hydrogens is 354 g/mol. The van der Waals surface area contributed by atoms with Crippen LogP contribution in [0.1, 0.15) is 19.8 Å². The summed E-state index contributed by atoms with van der Waals surface area (Å²) in [4.78, 5) is 14.5. The maximum Gasteiger partial charge on any atom is 0.238 e. The molecule has 0 radical (unpaired) electrons. The number of rotatable bonds is 5. The summed E-state index contributed by atoms with van der Waals surface area (Å²) in [7, 11) is 0. The molecule has 0 saturated carbocycles. The molecule has 1 aromatic rings. The molecule has 1 aliphatic rings. The third-order valence-corrected chi connectivity index (χ3v) is 4.59. The number of hydrogen-bond acceptors (Lipinski definition) is 3. The Morgan fingerprint density at radius 3 is 2.81 bits per heavy atom. The van der Waals surface area contributed by atoms with Gasteiger partial charge >= 0.3 is 0 Å². The second-order valence-corrected chi connectivity index (χ2v) is 6.54. The van der Waals surface area contributed by atoms with Gasteiger partial charge in [-0.25, -0.2) is 0 Å². The Hall–Kier alpha value is -0.620. The predicted octanol–water partition coefficient (Wildman–Crippen LogP) is 3.11. The van der Waals surface area contributed by atoms with Gasteiger partial charge in [0.25, 0.3) is 0 Å². The fourth-order valence-electron chi connectivity index (χ4n) is 2.64. The van der Waals surface area contributed by atoms with Crippen LogP contribution in [0.4, 0.5) is 5.69 Å². The van der Waals surface area contributed by atoms with Crippen molar-refractivity contribution in [3.05, 3.63) is 27.7 Å². The van der Waals surface area contributed by atoms with Crippen LogP contribution in [0.15, 0.2) is 22.7 Å². The van der Waals surface area contributed by atoms with Gasteiger partial charge in [-0.15, -0.1) is 0 Å². The Morgan fingerprint density at radius 2 is 2.19 bits per heavy atom. The van der Waals surface area contributed by atoms with Gasteiger partial charge in [-0.1, -0.05) is 34.5 Å². The lowest BCUT2D eigenvalue weighted by Crippen LogP contribution is -2.46. The van der Waals surface area contributed by atoms with Crippen molar-refractivity contribution >= 4 is 39.1 Å². The number of halogens is 2. The summed E-state index contributed by atoms with van der Waals surface area (Å²) in [6, 6.07) is 5.95. The summed E-state index contributed by atoms with van der Waals surface area (Å²) in [5.74, 6) is -0.0143. The van der Waals surface area contributed by atoms with E-state index in [9.17, 15) is 4.79 Å². The fraction of sp³-hybridized carbons (Fsp3) is 0.533. The number of benzene rings is 1. The minimum atomic E-state index is -0.0143. The third-order valence-electron chi connectivity index (χ3n) is 3.78. The van der Waals surface area contributed by atoms with Gasteiger partial charge in [0, 0.05) is 10.5 Å². The summed E-state index contributed by atoms with van der Waals surface area (Å²) in [6.45, 7) is 5.45. The lowest BCUT2D eigenvalue weighted by molar-refractivity contribution is -0.118. The first-order valence-electron chi connectivity index (χ1n) is 7.30. The Balaban J connectivity index is 1.92. The molecule has 1 amide bonds. The lowest BCUT2D eigenvalue weighted by Gasteiger charge is -2.33. The van der Waals surface area contributed by atoms with Crippen LogP contribution in [0.3, 0.4) is 0 Å². The van der Waals surface area contributed by atoms with E-state index in [-0.39, 0.29) is 5.91 Å². The molecule has 1 heterocycles. The summed E-state index contributed by atoms with van der Waals surface area (Å²) in [5.41, 5.74) is 0.659. The quantitative estimate of drug-likeness (QED) is 0.832. The maximum atomic E-state index is 12.2. The zero-order valence-corrected chi connectivity index (χ0v) is 14.5. The van der Waals surface area contributed by atoms with Gasteiger partial charge in [-0.2, -0.15) is 0 Å². The molecule has 0 spiro atoms. The van der Waals surface area contributed by atoms with Gasteiger partial charge in [-0.05, 0) is 50.7 Å². The number of amides is 1. The number of likely N-dealkylation sites (N-methyl/N-ethyl adjacent to an activating group) is 1. The molecule has 2 rings (SSSR count). The van der Waals surface area contributed by atoms with Gasteiger partial charge < -0.3 is 10.6 Å². The van der Waals surface area contributed by atoms with Crippen LogP contribution in [-0.4, -0.2) is 43.0 Å². The molecule has 6 heteroatoms. The van der Waals surface area contributed by atoms with Crippen molar-refractivity contribution in [3.63, 3.8) is 0 Å². The average molecular weight is 375 g/mol. The standard InChI is InChI=1S/C15H21BrClN3O/c1-2-20(12-5-7-18-8-6-12)10-15(21)19-14-4-3-11(16)9-13(14)17/h3-4,9,12,18H,2,5-8,10H2,1H3,(H,19,21). The molecule has 1 saturated heterocycles. The highest BCUT2D eigenvalue weighted by molar-refractivity contribution is 9.10. The van der Waals surface area contributed by atoms with Crippen molar-refractivity contribution in [3.8, 4) is 0 Å². The van der Waals surface area contributed by atoms with Crippen molar-refractivity contribution < 1.29 is 4.79 Å². The zero-order valence-electron chi connectivity index (χ0n) is 12.2. The summed E-state index contributed by atoms with van der Waals surface area (Å²) >= 11 is 9.48. The highest BCUT2D eigenvalue weighted by Crippen LogP contribution is 2.25. The van der Waals surface area contributed by atoms with Crippen molar-refractivity contribution in [1.29, 1.82) is 0 Å². The fourth-order valence-corrected chi connectivity index (χ4v) is 3.36.